The van der Waals surface area contributed by atoms with E-state index in [0.29, 0.717) is 6.61 Å². The van der Waals surface area contributed by atoms with Crippen molar-refractivity contribution in [3.63, 3.8) is 0 Å². The summed E-state index contributed by atoms with van der Waals surface area (Å²) in [5.74, 6) is -0.0278. The van der Waals surface area contributed by atoms with E-state index in [1.165, 1.54) is 6.92 Å². The number of carbonyl (C=O) groups is 1. The van der Waals surface area contributed by atoms with E-state index < -0.39 is 5.97 Å². The third-order valence-corrected chi connectivity index (χ3v) is 2.47. The minimum absolute atomic E-state index is 0.176. The number of hydrogen-bond donors (Lipinski definition) is 1. The number of hydrogen-bond acceptors (Lipinski definition) is 2. The number of ether oxygens (including phenoxy) is 1. The monoisotopic (exact) mass is 368 g/mol. The van der Waals surface area contributed by atoms with Crippen molar-refractivity contribution in [1.82, 2.24) is 0 Å². The minimum atomic E-state index is -0.935. The average molecular weight is 369 g/mol. The fraction of sp³-hybridized carbons (Fsp3) is 0.125. The molecule has 0 saturated carbocycles. The van der Waals surface area contributed by atoms with Crippen molar-refractivity contribution in [1.29, 1.82) is 0 Å². The van der Waals surface area contributed by atoms with Crippen LogP contribution in [0.3, 0.4) is 0 Å². The summed E-state index contributed by atoms with van der Waals surface area (Å²) in [6.07, 6.45) is 1.80. The van der Waals surface area contributed by atoms with Crippen LogP contribution in [0.4, 0.5) is 0 Å². The van der Waals surface area contributed by atoms with E-state index in [-0.39, 0.29) is 5.57 Å². The molecule has 0 heterocycles. The van der Waals surface area contributed by atoms with Crippen LogP contribution in [0, 0.1) is 0 Å². The molecule has 0 bridgehead atoms. The van der Waals surface area contributed by atoms with Gasteiger partial charge in [-0.1, -0.05) is 73.8 Å². The fourth-order valence-corrected chi connectivity index (χ4v) is 1.32. The molecule has 146 valence electrons. The van der Waals surface area contributed by atoms with Gasteiger partial charge < -0.3 is 9.84 Å². The first-order valence-electron chi connectivity index (χ1n) is 8.26. The summed E-state index contributed by atoms with van der Waals surface area (Å²) in [7, 11) is 0. The van der Waals surface area contributed by atoms with Gasteiger partial charge in [0, 0.05) is 11.1 Å². The van der Waals surface area contributed by atoms with Gasteiger partial charge in [-0.3, -0.25) is 0 Å². The Balaban J connectivity index is -0.000000310. The average Bonchev–Trinajstić information content (AvgIpc) is 2.74. The fourth-order valence-electron chi connectivity index (χ4n) is 1.32. The highest BCUT2D eigenvalue weighted by molar-refractivity contribution is 5.84. The van der Waals surface area contributed by atoms with Gasteiger partial charge in [0.2, 0.25) is 0 Å². The first kappa shape index (κ1) is 28.5. The summed E-state index contributed by atoms with van der Waals surface area (Å²) in [5.41, 5.74) is 1.23. The van der Waals surface area contributed by atoms with Crippen LogP contribution in [-0.4, -0.2) is 17.7 Å². The standard InChI is InChI=1S/C10H12O.C6H6.C4H6O2.2C2H4/c1-3-9-7-5-6-8-10(9)11-4-2;1-2-4-6-5-3-1;1-3(2)4(5)6;2*1-2/h3,5-8H,1,4H2,2H3;1-6H;1H2,2H3,(H,5,6);2*1-2H2. The minimum Gasteiger partial charge on any atom is -0.493 e. The molecule has 0 aliphatic heterocycles. The molecule has 0 aliphatic rings. The van der Waals surface area contributed by atoms with Crippen LogP contribution in [0.5, 0.6) is 5.75 Å². The number of rotatable bonds is 4. The molecule has 0 spiro atoms. The van der Waals surface area contributed by atoms with Crippen molar-refractivity contribution in [2.45, 2.75) is 13.8 Å². The molecule has 0 unspecified atom stereocenters. The molecule has 0 atom stereocenters. The van der Waals surface area contributed by atoms with Gasteiger partial charge in [-0.05, 0) is 19.9 Å². The zero-order valence-corrected chi connectivity index (χ0v) is 16.6. The molecule has 3 nitrogen and oxygen atoms in total. The number of benzene rings is 2. The summed E-state index contributed by atoms with van der Waals surface area (Å²) < 4.78 is 5.36. The Morgan fingerprint density at radius 2 is 1.33 bits per heavy atom. The topological polar surface area (TPSA) is 46.5 Å². The summed E-state index contributed by atoms with van der Waals surface area (Å²) >= 11 is 0. The lowest BCUT2D eigenvalue weighted by Crippen LogP contribution is -1.92. The highest BCUT2D eigenvalue weighted by Crippen LogP contribution is 2.18. The smallest absolute Gasteiger partial charge is 0.330 e. The molecular formula is C24H32O3. The lowest BCUT2D eigenvalue weighted by Gasteiger charge is -2.05. The quantitative estimate of drug-likeness (QED) is 0.484. The van der Waals surface area contributed by atoms with Gasteiger partial charge in [0.1, 0.15) is 5.75 Å². The van der Waals surface area contributed by atoms with Crippen molar-refractivity contribution >= 4 is 12.0 Å². The molecule has 2 aromatic carbocycles. The molecule has 0 radical (unpaired) electrons. The van der Waals surface area contributed by atoms with Crippen molar-refractivity contribution in [2.75, 3.05) is 6.61 Å². The molecular weight excluding hydrogens is 336 g/mol. The second kappa shape index (κ2) is 22.7. The molecule has 2 aromatic rings. The molecule has 0 saturated heterocycles. The molecule has 0 amide bonds. The van der Waals surface area contributed by atoms with E-state index in [2.05, 4.69) is 39.5 Å². The lowest BCUT2D eigenvalue weighted by molar-refractivity contribution is -0.132. The Bertz CT molecular complexity index is 578. The Hall–Kier alpha value is -3.33. The van der Waals surface area contributed by atoms with Gasteiger partial charge in [-0.2, -0.15) is 0 Å². The zero-order valence-electron chi connectivity index (χ0n) is 16.6. The van der Waals surface area contributed by atoms with Gasteiger partial charge in [-0.25, -0.2) is 4.79 Å². The van der Waals surface area contributed by atoms with Crippen LogP contribution >= 0.6 is 0 Å². The first-order chi connectivity index (χ1) is 13.0. The van der Waals surface area contributed by atoms with Gasteiger partial charge in [0.15, 0.2) is 0 Å². The van der Waals surface area contributed by atoms with Crippen molar-refractivity contribution in [3.8, 4) is 5.75 Å². The maximum absolute atomic E-state index is 9.60. The SMILES string of the molecule is C=C.C=C.C=C(C)C(=O)O.C=Cc1ccccc1OCC.c1ccccc1. The third-order valence-electron chi connectivity index (χ3n) is 2.47. The van der Waals surface area contributed by atoms with E-state index in [1.807, 2.05) is 67.6 Å². The lowest BCUT2D eigenvalue weighted by atomic mass is 10.2. The van der Waals surface area contributed by atoms with Gasteiger partial charge in [0.05, 0.1) is 6.61 Å². The summed E-state index contributed by atoms with van der Waals surface area (Å²) in [4.78, 5) is 9.60. The second-order valence-corrected chi connectivity index (χ2v) is 4.42. The van der Waals surface area contributed by atoms with E-state index in [0.717, 1.165) is 11.3 Å². The van der Waals surface area contributed by atoms with Crippen LogP contribution in [0.15, 0.2) is 106 Å². The molecule has 27 heavy (non-hydrogen) atoms. The number of carboxylic acids is 1. The second-order valence-electron chi connectivity index (χ2n) is 4.42. The Labute approximate surface area is 164 Å². The van der Waals surface area contributed by atoms with Crippen molar-refractivity contribution in [3.05, 3.63) is 111 Å². The van der Waals surface area contributed by atoms with E-state index in [4.69, 9.17) is 9.84 Å². The van der Waals surface area contributed by atoms with E-state index in [1.54, 1.807) is 6.08 Å². The molecule has 1 N–H and O–H groups in total. The Morgan fingerprint density at radius 3 is 1.63 bits per heavy atom. The Morgan fingerprint density at radius 1 is 0.963 bits per heavy atom. The van der Waals surface area contributed by atoms with E-state index >= 15 is 0 Å². The summed E-state index contributed by atoms with van der Waals surface area (Å²) in [6, 6.07) is 19.9. The van der Waals surface area contributed by atoms with Crippen molar-refractivity contribution in [2.24, 2.45) is 0 Å². The maximum Gasteiger partial charge on any atom is 0.330 e. The predicted molar refractivity (Wildman–Crippen MR) is 119 cm³/mol. The highest BCUT2D eigenvalue weighted by atomic mass is 16.5. The first-order valence-corrected chi connectivity index (χ1v) is 8.26. The zero-order chi connectivity index (χ0) is 21.5. The van der Waals surface area contributed by atoms with Crippen LogP contribution < -0.4 is 4.74 Å². The summed E-state index contributed by atoms with van der Waals surface area (Å²) in [6.45, 7) is 23.0. The van der Waals surface area contributed by atoms with E-state index in [9.17, 15) is 4.79 Å². The van der Waals surface area contributed by atoms with Gasteiger partial charge in [0.25, 0.3) is 0 Å². The number of aliphatic carboxylic acids is 1. The molecule has 2 rings (SSSR count). The van der Waals surface area contributed by atoms with Crippen LogP contribution in [0.2, 0.25) is 0 Å². The van der Waals surface area contributed by atoms with Gasteiger partial charge in [-0.15, -0.1) is 26.3 Å². The van der Waals surface area contributed by atoms with Crippen LogP contribution in [0.1, 0.15) is 19.4 Å². The molecule has 0 fully saturated rings. The Kier molecular flexibility index (Phi) is 23.9. The summed E-state index contributed by atoms with van der Waals surface area (Å²) in [5, 5.41) is 7.89. The van der Waals surface area contributed by atoms with Crippen LogP contribution in [0.25, 0.3) is 6.08 Å². The predicted octanol–water partition coefficient (Wildman–Crippen LogP) is 6.67. The largest absolute Gasteiger partial charge is 0.493 e. The molecule has 0 aliphatic carbocycles. The third kappa shape index (κ3) is 18.8. The highest BCUT2D eigenvalue weighted by Gasteiger charge is 1.95. The van der Waals surface area contributed by atoms with Crippen LogP contribution in [-0.2, 0) is 4.79 Å². The maximum atomic E-state index is 9.60. The normalized spacial score (nSPS) is 7.48. The number of para-hydroxylation sites is 1. The molecule has 3 heteroatoms. The number of carboxylic acid groups (broad SMARTS) is 1. The van der Waals surface area contributed by atoms with Gasteiger partial charge >= 0.3 is 5.97 Å². The molecule has 0 aromatic heterocycles. The van der Waals surface area contributed by atoms with Crippen molar-refractivity contribution < 1.29 is 14.6 Å².